The normalized spacial score (nSPS) is 20.0. The number of aromatic nitrogens is 2. The third-order valence-electron chi connectivity index (χ3n) is 4.68. The molecule has 0 amide bonds. The molecule has 0 radical (unpaired) electrons. The number of benzene rings is 1. The van der Waals surface area contributed by atoms with Gasteiger partial charge >= 0.3 is 0 Å². The van der Waals surface area contributed by atoms with Gasteiger partial charge in [-0.1, -0.05) is 12.1 Å². The summed E-state index contributed by atoms with van der Waals surface area (Å²) in [6.07, 6.45) is -1.50. The van der Waals surface area contributed by atoms with E-state index in [-0.39, 0.29) is 11.6 Å². The number of hydrogen-bond donors (Lipinski definition) is 2. The number of nitrogen functional groups attached to an aromatic ring is 1. The maximum atomic E-state index is 13.2. The van der Waals surface area contributed by atoms with Gasteiger partial charge < -0.3 is 16.0 Å². The van der Waals surface area contributed by atoms with E-state index in [1.165, 1.54) is 0 Å². The highest BCUT2D eigenvalue weighted by molar-refractivity contribution is 5.93. The minimum Gasteiger partial charge on any atom is -0.368 e. The molecule has 0 bridgehead atoms. The van der Waals surface area contributed by atoms with Gasteiger partial charge in [-0.25, -0.2) is 18.7 Å². The highest BCUT2D eigenvalue weighted by Crippen LogP contribution is 2.41. The number of fused-ring (bicyclic) bond motifs is 1. The molecule has 1 spiro atoms. The fourth-order valence-electron chi connectivity index (χ4n) is 3.60. The molecule has 116 valence electrons. The second kappa shape index (κ2) is 4.74. The predicted octanol–water partition coefficient (Wildman–Crippen LogP) is 1.95. The van der Waals surface area contributed by atoms with E-state index in [0.29, 0.717) is 16.3 Å². The highest BCUT2D eigenvalue weighted by Gasteiger charge is 2.45. The van der Waals surface area contributed by atoms with Crippen LogP contribution in [0, 0.1) is 5.41 Å². The summed E-state index contributed by atoms with van der Waals surface area (Å²) in [6, 6.07) is 5.33. The van der Waals surface area contributed by atoms with Crippen molar-refractivity contribution in [2.24, 2.45) is 5.41 Å². The number of alkyl halides is 2. The molecule has 0 saturated carbocycles. The maximum Gasteiger partial charge on any atom is 0.281 e. The number of nitrogens with zero attached hydrogens (tertiary/aromatic N) is 3. The molecule has 1 aromatic carbocycles. The van der Waals surface area contributed by atoms with Crippen molar-refractivity contribution in [1.29, 1.82) is 0 Å². The highest BCUT2D eigenvalue weighted by atomic mass is 19.3. The molecule has 3 N–H and O–H groups in total. The lowest BCUT2D eigenvalue weighted by Crippen LogP contribution is -2.57. The Morgan fingerprint density at radius 2 is 2.09 bits per heavy atom. The topological polar surface area (TPSA) is 67.1 Å². The quantitative estimate of drug-likeness (QED) is 0.887. The summed E-state index contributed by atoms with van der Waals surface area (Å²) in [7, 11) is 0. The van der Waals surface area contributed by atoms with Gasteiger partial charge in [0.25, 0.3) is 6.43 Å². The molecule has 2 aliphatic rings. The smallest absolute Gasteiger partial charge is 0.281 e. The largest absolute Gasteiger partial charge is 0.368 e. The summed E-state index contributed by atoms with van der Waals surface area (Å²) in [6.45, 7) is 3.92. The molecule has 5 nitrogen and oxygen atoms in total. The number of halogens is 2. The van der Waals surface area contributed by atoms with E-state index in [1.54, 1.807) is 12.1 Å². The van der Waals surface area contributed by atoms with Gasteiger partial charge in [-0.15, -0.1) is 0 Å². The van der Waals surface area contributed by atoms with Crippen molar-refractivity contribution in [3.05, 3.63) is 23.9 Å². The molecule has 0 aliphatic carbocycles. The summed E-state index contributed by atoms with van der Waals surface area (Å²) in [5.74, 6) is -0.104. The Balaban J connectivity index is 1.76. The lowest BCUT2D eigenvalue weighted by atomic mass is 9.78. The fourth-order valence-corrected chi connectivity index (χ4v) is 3.60. The summed E-state index contributed by atoms with van der Waals surface area (Å²) >= 11 is 0. The molecule has 2 fully saturated rings. The zero-order valence-electron chi connectivity index (χ0n) is 12.0. The van der Waals surface area contributed by atoms with Crippen molar-refractivity contribution >= 4 is 22.5 Å². The van der Waals surface area contributed by atoms with E-state index in [2.05, 4.69) is 20.2 Å². The third kappa shape index (κ3) is 1.99. The standard InChI is InChI=1S/C15H17F2N5/c16-13(17)12-9-2-1-3-10(11(9)20-14(18)21-12)22-7-15(8-22)4-5-19-6-15/h1-3,13,19H,4-8H2,(H2,18,20,21). The van der Waals surface area contributed by atoms with E-state index in [9.17, 15) is 8.78 Å². The van der Waals surface area contributed by atoms with Crippen molar-refractivity contribution in [2.75, 3.05) is 36.8 Å². The molecular weight excluding hydrogens is 288 g/mol. The van der Waals surface area contributed by atoms with Crippen molar-refractivity contribution in [2.45, 2.75) is 12.8 Å². The van der Waals surface area contributed by atoms with E-state index < -0.39 is 6.43 Å². The first-order chi connectivity index (χ1) is 10.6. The number of nitrogens with two attached hydrogens (primary N) is 1. The molecule has 2 aliphatic heterocycles. The summed E-state index contributed by atoms with van der Waals surface area (Å²) in [5.41, 5.74) is 7.04. The van der Waals surface area contributed by atoms with E-state index in [4.69, 9.17) is 5.73 Å². The zero-order chi connectivity index (χ0) is 15.3. The van der Waals surface area contributed by atoms with Gasteiger partial charge in [-0.05, 0) is 19.0 Å². The van der Waals surface area contributed by atoms with Gasteiger partial charge in [0.05, 0.1) is 11.2 Å². The summed E-state index contributed by atoms with van der Waals surface area (Å²) < 4.78 is 26.4. The van der Waals surface area contributed by atoms with Crippen molar-refractivity contribution in [3.63, 3.8) is 0 Å². The van der Waals surface area contributed by atoms with Gasteiger partial charge in [0, 0.05) is 30.4 Å². The van der Waals surface area contributed by atoms with E-state index in [1.807, 2.05) is 6.07 Å². The number of anilines is 2. The average Bonchev–Trinajstić information content (AvgIpc) is 2.94. The Morgan fingerprint density at radius 1 is 1.27 bits per heavy atom. The first kappa shape index (κ1) is 13.6. The van der Waals surface area contributed by atoms with E-state index >= 15 is 0 Å². The van der Waals surface area contributed by atoms with Crippen LogP contribution in [0.4, 0.5) is 20.4 Å². The van der Waals surface area contributed by atoms with Gasteiger partial charge in [-0.2, -0.15) is 0 Å². The molecule has 3 heterocycles. The van der Waals surface area contributed by atoms with Crippen LogP contribution in [0.2, 0.25) is 0 Å². The summed E-state index contributed by atoms with van der Waals surface area (Å²) in [4.78, 5) is 10.1. The van der Waals surface area contributed by atoms with Crippen molar-refractivity contribution in [3.8, 4) is 0 Å². The minimum atomic E-state index is -2.66. The lowest BCUT2D eigenvalue weighted by Gasteiger charge is -2.49. The van der Waals surface area contributed by atoms with Crippen LogP contribution in [-0.4, -0.2) is 36.1 Å². The van der Waals surface area contributed by atoms with Crippen LogP contribution in [0.3, 0.4) is 0 Å². The average molecular weight is 305 g/mol. The Hall–Kier alpha value is -2.02. The monoisotopic (exact) mass is 305 g/mol. The molecule has 2 aromatic rings. The molecule has 4 rings (SSSR count). The van der Waals surface area contributed by atoms with Gasteiger partial charge in [-0.3, -0.25) is 0 Å². The van der Waals surface area contributed by atoms with Gasteiger partial charge in [0.1, 0.15) is 5.69 Å². The second-order valence-corrected chi connectivity index (χ2v) is 6.22. The first-order valence-corrected chi connectivity index (χ1v) is 7.38. The van der Waals surface area contributed by atoms with Crippen LogP contribution in [0.15, 0.2) is 18.2 Å². The summed E-state index contributed by atoms with van der Waals surface area (Å²) in [5, 5.41) is 3.77. The van der Waals surface area contributed by atoms with Crippen LogP contribution >= 0.6 is 0 Å². The predicted molar refractivity (Wildman–Crippen MR) is 81.0 cm³/mol. The van der Waals surface area contributed by atoms with Crippen LogP contribution in [0.1, 0.15) is 18.5 Å². The maximum absolute atomic E-state index is 13.2. The molecule has 0 unspecified atom stereocenters. The van der Waals surface area contributed by atoms with E-state index in [0.717, 1.165) is 38.3 Å². The molecule has 22 heavy (non-hydrogen) atoms. The van der Waals surface area contributed by atoms with Crippen molar-refractivity contribution < 1.29 is 8.78 Å². The van der Waals surface area contributed by atoms with Crippen LogP contribution in [0.25, 0.3) is 10.9 Å². The number of nitrogens with one attached hydrogen (secondary N) is 1. The Morgan fingerprint density at radius 3 is 2.77 bits per heavy atom. The molecular formula is C15H17F2N5. The number of hydrogen-bond acceptors (Lipinski definition) is 5. The molecule has 2 saturated heterocycles. The fraction of sp³-hybridized carbons (Fsp3) is 0.467. The molecule has 1 aromatic heterocycles. The molecule has 0 atom stereocenters. The lowest BCUT2D eigenvalue weighted by molar-refractivity contribution is 0.148. The molecule has 7 heteroatoms. The number of para-hydroxylation sites is 1. The Labute approximate surface area is 126 Å². The van der Waals surface area contributed by atoms with Crippen LogP contribution < -0.4 is 16.0 Å². The third-order valence-corrected chi connectivity index (χ3v) is 4.68. The van der Waals surface area contributed by atoms with Gasteiger partial charge in [0.2, 0.25) is 5.95 Å². The minimum absolute atomic E-state index is 0.104. The zero-order valence-corrected chi connectivity index (χ0v) is 12.0. The Bertz CT molecular complexity index is 719. The van der Waals surface area contributed by atoms with Crippen molar-refractivity contribution in [1.82, 2.24) is 15.3 Å². The van der Waals surface area contributed by atoms with Gasteiger partial charge in [0.15, 0.2) is 0 Å². The van der Waals surface area contributed by atoms with Crippen LogP contribution in [-0.2, 0) is 0 Å². The number of rotatable bonds is 2. The van der Waals surface area contributed by atoms with Crippen LogP contribution in [0.5, 0.6) is 0 Å². The Kier molecular flexibility index (Phi) is 2.94. The first-order valence-electron chi connectivity index (χ1n) is 7.38. The SMILES string of the molecule is Nc1nc(C(F)F)c2cccc(N3CC4(CCNC4)C3)c2n1. The second-order valence-electron chi connectivity index (χ2n) is 6.22.